The highest BCUT2D eigenvalue weighted by Crippen LogP contribution is 2.32. The highest BCUT2D eigenvalue weighted by Gasteiger charge is 2.42. The Bertz CT molecular complexity index is 617. The fraction of sp³-hybridized carbons (Fsp3) is 0.955. The van der Waals surface area contributed by atoms with Gasteiger partial charge in [-0.05, 0) is 12.8 Å². The lowest BCUT2D eigenvalue weighted by Crippen LogP contribution is -2.18. The molecular formula is C44H84O3. The molecule has 0 amide bonds. The summed E-state index contributed by atoms with van der Waals surface area (Å²) in [4.78, 5) is 24.7. The number of hydrogen-bond donors (Lipinski definition) is 0. The van der Waals surface area contributed by atoms with Gasteiger partial charge in [-0.3, -0.25) is 9.59 Å². The molecule has 0 aromatic carbocycles. The van der Waals surface area contributed by atoms with E-state index < -0.39 is 0 Å². The molecule has 1 heterocycles. The molecule has 3 nitrogen and oxygen atoms in total. The lowest BCUT2D eigenvalue weighted by atomic mass is 9.86. The summed E-state index contributed by atoms with van der Waals surface area (Å²) in [5, 5.41) is 0. The molecule has 0 N–H and O–H groups in total. The van der Waals surface area contributed by atoms with Crippen molar-refractivity contribution in [1.82, 2.24) is 0 Å². The van der Waals surface area contributed by atoms with Gasteiger partial charge in [0.1, 0.15) is 0 Å². The Morgan fingerprint density at radius 1 is 0.298 bits per heavy atom. The Labute approximate surface area is 295 Å². The molecule has 2 atom stereocenters. The van der Waals surface area contributed by atoms with E-state index in [0.717, 1.165) is 25.7 Å². The summed E-state index contributed by atoms with van der Waals surface area (Å²) < 4.78 is 5.08. The van der Waals surface area contributed by atoms with E-state index in [1.807, 2.05) is 0 Å². The largest absolute Gasteiger partial charge is 0.393 e. The molecule has 0 bridgehead atoms. The molecule has 0 radical (unpaired) electrons. The van der Waals surface area contributed by atoms with E-state index in [2.05, 4.69) is 13.8 Å². The first-order chi connectivity index (χ1) is 23.2. The standard InChI is InChI=1S/C44H84O3/c1-3-5-7-9-11-13-15-17-19-21-23-25-27-29-31-33-35-37-39-41-42(44(46)47-43(41)45)40-38-36-34-32-30-28-26-24-22-20-18-16-14-12-10-8-6-4-2/h41-42H,3-40H2,1-2H3. The van der Waals surface area contributed by atoms with Crippen molar-refractivity contribution >= 4 is 11.9 Å². The fourth-order valence-corrected chi connectivity index (χ4v) is 7.75. The zero-order chi connectivity index (χ0) is 33.9. The number of ether oxygens (including phenoxy) is 1. The monoisotopic (exact) mass is 661 g/mol. The molecule has 1 aliphatic rings. The van der Waals surface area contributed by atoms with Crippen molar-refractivity contribution in [3.63, 3.8) is 0 Å². The van der Waals surface area contributed by atoms with E-state index in [-0.39, 0.29) is 23.8 Å². The van der Waals surface area contributed by atoms with Crippen LogP contribution in [0.1, 0.15) is 258 Å². The van der Waals surface area contributed by atoms with Crippen LogP contribution in [0.25, 0.3) is 0 Å². The SMILES string of the molecule is CCCCCCCCCCCCCCCCCCCCC1C(=O)OC(=O)C1CCCCCCCCCCCCCCCCCCCC. The maximum atomic E-state index is 12.4. The van der Waals surface area contributed by atoms with E-state index in [9.17, 15) is 9.59 Å². The molecule has 1 saturated heterocycles. The number of hydrogen-bond acceptors (Lipinski definition) is 3. The zero-order valence-electron chi connectivity index (χ0n) is 32.2. The number of carbonyl (C=O) groups excluding carboxylic acids is 2. The second kappa shape index (κ2) is 35.0. The van der Waals surface area contributed by atoms with E-state index in [0.29, 0.717) is 0 Å². The first kappa shape index (κ1) is 44.2. The summed E-state index contributed by atoms with van der Waals surface area (Å²) in [6, 6.07) is 0. The predicted molar refractivity (Wildman–Crippen MR) is 205 cm³/mol. The van der Waals surface area contributed by atoms with Crippen LogP contribution in [-0.4, -0.2) is 11.9 Å². The number of unbranched alkanes of at least 4 members (excludes halogenated alkanes) is 34. The lowest BCUT2D eigenvalue weighted by molar-refractivity contribution is -0.153. The summed E-state index contributed by atoms with van der Waals surface area (Å²) >= 11 is 0. The predicted octanol–water partition coefficient (Wildman–Crippen LogP) is 15.2. The van der Waals surface area contributed by atoms with Gasteiger partial charge in [-0.2, -0.15) is 0 Å². The molecular weight excluding hydrogens is 576 g/mol. The van der Waals surface area contributed by atoms with Crippen LogP contribution in [0.15, 0.2) is 0 Å². The van der Waals surface area contributed by atoms with Crippen molar-refractivity contribution < 1.29 is 14.3 Å². The van der Waals surface area contributed by atoms with E-state index in [1.165, 1.54) is 218 Å². The normalized spacial score (nSPS) is 16.4. The maximum absolute atomic E-state index is 12.4. The minimum absolute atomic E-state index is 0.172. The Morgan fingerprint density at radius 2 is 0.468 bits per heavy atom. The number of esters is 2. The highest BCUT2D eigenvalue weighted by molar-refractivity contribution is 5.96. The molecule has 0 saturated carbocycles. The Balaban J connectivity index is 1.88. The second-order valence-electron chi connectivity index (χ2n) is 15.6. The maximum Gasteiger partial charge on any atom is 0.317 e. The van der Waals surface area contributed by atoms with Gasteiger partial charge >= 0.3 is 11.9 Å². The summed E-state index contributed by atoms with van der Waals surface area (Å²) in [7, 11) is 0. The van der Waals surface area contributed by atoms with Crippen molar-refractivity contribution in [3.05, 3.63) is 0 Å². The van der Waals surface area contributed by atoms with E-state index in [1.54, 1.807) is 0 Å². The van der Waals surface area contributed by atoms with Gasteiger partial charge in [0.2, 0.25) is 0 Å². The van der Waals surface area contributed by atoms with Gasteiger partial charge in [-0.25, -0.2) is 0 Å². The third-order valence-corrected chi connectivity index (χ3v) is 11.0. The molecule has 0 spiro atoms. The third kappa shape index (κ3) is 27.6. The van der Waals surface area contributed by atoms with Crippen molar-refractivity contribution in [3.8, 4) is 0 Å². The van der Waals surface area contributed by atoms with Crippen molar-refractivity contribution in [2.24, 2.45) is 11.8 Å². The van der Waals surface area contributed by atoms with Crippen LogP contribution in [0.4, 0.5) is 0 Å². The Hall–Kier alpha value is -0.860. The van der Waals surface area contributed by atoms with Crippen molar-refractivity contribution in [2.75, 3.05) is 0 Å². The molecule has 47 heavy (non-hydrogen) atoms. The van der Waals surface area contributed by atoms with Gasteiger partial charge in [-0.1, -0.05) is 245 Å². The number of carbonyl (C=O) groups is 2. The summed E-state index contributed by atoms with van der Waals surface area (Å²) in [6.45, 7) is 4.58. The average Bonchev–Trinajstić information content (AvgIpc) is 3.34. The van der Waals surface area contributed by atoms with Crippen molar-refractivity contribution in [2.45, 2.75) is 258 Å². The summed E-state index contributed by atoms with van der Waals surface area (Å²) in [5.74, 6) is -0.826. The first-order valence-electron chi connectivity index (χ1n) is 22.0. The Kier molecular flexibility index (Phi) is 32.9. The molecule has 278 valence electrons. The van der Waals surface area contributed by atoms with Crippen LogP contribution in [0.5, 0.6) is 0 Å². The van der Waals surface area contributed by atoms with Crippen LogP contribution in [0.2, 0.25) is 0 Å². The van der Waals surface area contributed by atoms with Crippen LogP contribution < -0.4 is 0 Å². The quantitative estimate of drug-likeness (QED) is 0.0376. The molecule has 0 aromatic heterocycles. The number of rotatable bonds is 38. The molecule has 1 aliphatic heterocycles. The molecule has 0 aliphatic carbocycles. The molecule has 3 heteroatoms. The first-order valence-corrected chi connectivity index (χ1v) is 22.0. The van der Waals surface area contributed by atoms with Crippen molar-refractivity contribution in [1.29, 1.82) is 0 Å². The van der Waals surface area contributed by atoms with Crippen LogP contribution in [0, 0.1) is 11.8 Å². The van der Waals surface area contributed by atoms with Gasteiger partial charge in [0.15, 0.2) is 0 Å². The second-order valence-corrected chi connectivity index (χ2v) is 15.6. The fourth-order valence-electron chi connectivity index (χ4n) is 7.75. The van der Waals surface area contributed by atoms with Gasteiger partial charge in [0.25, 0.3) is 0 Å². The number of cyclic esters (lactones) is 2. The minimum atomic E-state index is -0.241. The van der Waals surface area contributed by atoms with E-state index >= 15 is 0 Å². The lowest BCUT2D eigenvalue weighted by Gasteiger charge is -2.13. The van der Waals surface area contributed by atoms with Gasteiger partial charge < -0.3 is 4.74 Å². The van der Waals surface area contributed by atoms with Gasteiger partial charge in [0, 0.05) is 0 Å². The highest BCUT2D eigenvalue weighted by atomic mass is 16.6. The Morgan fingerprint density at radius 3 is 0.660 bits per heavy atom. The van der Waals surface area contributed by atoms with Gasteiger partial charge in [0.05, 0.1) is 11.8 Å². The zero-order valence-corrected chi connectivity index (χ0v) is 32.2. The smallest absolute Gasteiger partial charge is 0.317 e. The summed E-state index contributed by atoms with van der Waals surface area (Å²) in [6.07, 6.45) is 50.9. The molecule has 0 aromatic rings. The van der Waals surface area contributed by atoms with Gasteiger partial charge in [-0.15, -0.1) is 0 Å². The van der Waals surface area contributed by atoms with Crippen LogP contribution in [-0.2, 0) is 14.3 Å². The third-order valence-electron chi connectivity index (χ3n) is 11.0. The van der Waals surface area contributed by atoms with E-state index in [4.69, 9.17) is 4.74 Å². The molecule has 2 unspecified atom stereocenters. The minimum Gasteiger partial charge on any atom is -0.393 e. The van der Waals surface area contributed by atoms with Crippen LogP contribution in [0.3, 0.4) is 0 Å². The summed E-state index contributed by atoms with van der Waals surface area (Å²) in [5.41, 5.74) is 0. The molecule has 1 rings (SSSR count). The van der Waals surface area contributed by atoms with Crippen LogP contribution >= 0.6 is 0 Å². The molecule has 1 fully saturated rings. The average molecular weight is 661 g/mol. The topological polar surface area (TPSA) is 43.4 Å².